The molecule has 4 nitrogen and oxygen atoms in total. The lowest BCUT2D eigenvalue weighted by molar-refractivity contribution is -0.140. The second-order valence-electron chi connectivity index (χ2n) is 8.87. The minimum Gasteiger partial charge on any atom is -0.354 e. The van der Waals surface area contributed by atoms with E-state index in [1.54, 1.807) is 24.3 Å². The molecule has 0 aliphatic carbocycles. The molecule has 0 bridgehead atoms. The summed E-state index contributed by atoms with van der Waals surface area (Å²) < 4.78 is 14.5. The summed E-state index contributed by atoms with van der Waals surface area (Å²) in [6.45, 7) is 4.61. The molecule has 0 saturated heterocycles. The standard InChI is InChI=1S/C28H29Cl2FN2O2/c1-19(2)17-32-28(35)26(15-20-8-4-3-5-9-20)33(18-21-10-6-11-22(29)14-21)27(34)16-23-24(30)12-7-13-25(23)31/h3-14,19,26H,15-18H2,1-2H3,(H,32,35). The molecule has 0 aromatic heterocycles. The second-order valence-corrected chi connectivity index (χ2v) is 9.72. The molecule has 0 radical (unpaired) electrons. The Morgan fingerprint density at radius 1 is 0.943 bits per heavy atom. The summed E-state index contributed by atoms with van der Waals surface area (Å²) in [5.41, 5.74) is 1.78. The van der Waals surface area contributed by atoms with Crippen LogP contribution in [0.25, 0.3) is 0 Å². The van der Waals surface area contributed by atoms with Gasteiger partial charge >= 0.3 is 0 Å². The average molecular weight is 515 g/mol. The van der Waals surface area contributed by atoms with E-state index in [9.17, 15) is 14.0 Å². The average Bonchev–Trinajstić information content (AvgIpc) is 2.82. The number of carbonyl (C=O) groups excluding carboxylic acids is 2. The van der Waals surface area contributed by atoms with Gasteiger partial charge in [-0.25, -0.2) is 4.39 Å². The van der Waals surface area contributed by atoms with Gasteiger partial charge in [0.1, 0.15) is 11.9 Å². The molecular formula is C28H29Cl2FN2O2. The lowest BCUT2D eigenvalue weighted by atomic mass is 10.0. The molecule has 1 N–H and O–H groups in total. The molecule has 0 aliphatic heterocycles. The first-order valence-electron chi connectivity index (χ1n) is 11.5. The molecule has 3 aromatic rings. The summed E-state index contributed by atoms with van der Waals surface area (Å²) in [5.74, 6) is -0.988. The van der Waals surface area contributed by atoms with Crippen LogP contribution in [0.5, 0.6) is 0 Å². The third kappa shape index (κ3) is 7.81. The van der Waals surface area contributed by atoms with Crippen LogP contribution in [0.15, 0.2) is 72.8 Å². The van der Waals surface area contributed by atoms with Crippen molar-refractivity contribution in [2.75, 3.05) is 6.54 Å². The van der Waals surface area contributed by atoms with Gasteiger partial charge in [0.15, 0.2) is 0 Å². The Balaban J connectivity index is 2.00. The van der Waals surface area contributed by atoms with E-state index in [0.717, 1.165) is 11.1 Å². The van der Waals surface area contributed by atoms with E-state index in [0.29, 0.717) is 18.0 Å². The van der Waals surface area contributed by atoms with Crippen molar-refractivity contribution < 1.29 is 14.0 Å². The minimum absolute atomic E-state index is 0.108. The van der Waals surface area contributed by atoms with Crippen LogP contribution >= 0.6 is 23.2 Å². The predicted octanol–water partition coefficient (Wildman–Crippen LogP) is 6.09. The Morgan fingerprint density at radius 3 is 2.29 bits per heavy atom. The number of benzene rings is 3. The number of nitrogens with one attached hydrogen (secondary N) is 1. The molecule has 0 spiro atoms. The summed E-state index contributed by atoms with van der Waals surface area (Å²) in [6, 6.07) is 20.1. The van der Waals surface area contributed by atoms with Crippen LogP contribution in [-0.2, 0) is 29.0 Å². The number of carbonyl (C=O) groups is 2. The molecule has 184 valence electrons. The predicted molar refractivity (Wildman–Crippen MR) is 139 cm³/mol. The highest BCUT2D eigenvalue weighted by Gasteiger charge is 2.31. The zero-order valence-corrected chi connectivity index (χ0v) is 21.3. The fourth-order valence-electron chi connectivity index (χ4n) is 3.76. The zero-order chi connectivity index (χ0) is 25.4. The van der Waals surface area contributed by atoms with Crippen molar-refractivity contribution in [1.82, 2.24) is 10.2 Å². The van der Waals surface area contributed by atoms with Crippen molar-refractivity contribution in [3.8, 4) is 0 Å². The maximum absolute atomic E-state index is 14.5. The third-order valence-corrected chi connectivity index (χ3v) is 6.18. The van der Waals surface area contributed by atoms with Crippen molar-refractivity contribution in [3.63, 3.8) is 0 Å². The molecule has 0 heterocycles. The smallest absolute Gasteiger partial charge is 0.243 e. The van der Waals surface area contributed by atoms with Gasteiger partial charge in [-0.05, 0) is 41.3 Å². The molecule has 0 saturated carbocycles. The molecule has 1 unspecified atom stereocenters. The van der Waals surface area contributed by atoms with E-state index in [2.05, 4.69) is 5.32 Å². The molecule has 3 aromatic carbocycles. The van der Waals surface area contributed by atoms with Gasteiger partial charge in [0.05, 0.1) is 6.42 Å². The highest BCUT2D eigenvalue weighted by atomic mass is 35.5. The maximum atomic E-state index is 14.5. The molecule has 35 heavy (non-hydrogen) atoms. The molecule has 7 heteroatoms. The number of hydrogen-bond donors (Lipinski definition) is 1. The molecule has 0 fully saturated rings. The van der Waals surface area contributed by atoms with E-state index in [4.69, 9.17) is 23.2 Å². The van der Waals surface area contributed by atoms with E-state index >= 15 is 0 Å². The normalized spacial score (nSPS) is 11.8. The van der Waals surface area contributed by atoms with Gasteiger partial charge in [-0.2, -0.15) is 0 Å². The lowest BCUT2D eigenvalue weighted by Gasteiger charge is -2.32. The van der Waals surface area contributed by atoms with Gasteiger partial charge in [0.2, 0.25) is 11.8 Å². The van der Waals surface area contributed by atoms with Gasteiger partial charge in [-0.1, -0.05) is 85.6 Å². The van der Waals surface area contributed by atoms with Crippen molar-refractivity contribution in [2.24, 2.45) is 5.92 Å². The Labute approximate surface area is 216 Å². The van der Waals surface area contributed by atoms with Gasteiger partial charge < -0.3 is 10.2 Å². The maximum Gasteiger partial charge on any atom is 0.243 e. The summed E-state index contributed by atoms with van der Waals surface area (Å²) in [7, 11) is 0. The first-order valence-corrected chi connectivity index (χ1v) is 12.3. The lowest BCUT2D eigenvalue weighted by Crippen LogP contribution is -2.51. The Bertz CT molecular complexity index is 1130. The Morgan fingerprint density at radius 2 is 1.63 bits per heavy atom. The largest absolute Gasteiger partial charge is 0.354 e. The Kier molecular flexibility index (Phi) is 9.70. The van der Waals surface area contributed by atoms with Gasteiger partial charge in [-0.15, -0.1) is 0 Å². The number of nitrogens with zero attached hydrogens (tertiary/aromatic N) is 1. The van der Waals surface area contributed by atoms with E-state index < -0.39 is 17.8 Å². The van der Waals surface area contributed by atoms with E-state index in [1.807, 2.05) is 50.2 Å². The quantitative estimate of drug-likeness (QED) is 0.356. The molecular weight excluding hydrogens is 486 g/mol. The first-order chi connectivity index (χ1) is 16.7. The summed E-state index contributed by atoms with van der Waals surface area (Å²) >= 11 is 12.4. The fourth-order valence-corrected chi connectivity index (χ4v) is 4.21. The Hall–Kier alpha value is -2.89. The molecule has 1 atom stereocenters. The first kappa shape index (κ1) is 26.7. The topological polar surface area (TPSA) is 49.4 Å². The van der Waals surface area contributed by atoms with Crippen molar-refractivity contribution >= 4 is 35.0 Å². The number of rotatable bonds is 10. The molecule has 3 rings (SSSR count). The number of amides is 2. The van der Waals surface area contributed by atoms with Crippen LogP contribution in [0.4, 0.5) is 4.39 Å². The van der Waals surface area contributed by atoms with Crippen LogP contribution in [0.3, 0.4) is 0 Å². The third-order valence-electron chi connectivity index (χ3n) is 5.59. The van der Waals surface area contributed by atoms with Crippen LogP contribution in [0.2, 0.25) is 10.0 Å². The van der Waals surface area contributed by atoms with Crippen LogP contribution in [0.1, 0.15) is 30.5 Å². The molecule has 2 amide bonds. The van der Waals surface area contributed by atoms with Gasteiger partial charge in [-0.3, -0.25) is 9.59 Å². The van der Waals surface area contributed by atoms with Crippen molar-refractivity contribution in [1.29, 1.82) is 0 Å². The van der Waals surface area contributed by atoms with Crippen LogP contribution in [-0.4, -0.2) is 29.3 Å². The monoisotopic (exact) mass is 514 g/mol. The highest BCUT2D eigenvalue weighted by Crippen LogP contribution is 2.23. The van der Waals surface area contributed by atoms with Crippen molar-refractivity contribution in [2.45, 2.75) is 39.3 Å². The summed E-state index contributed by atoms with van der Waals surface area (Å²) in [4.78, 5) is 28.6. The van der Waals surface area contributed by atoms with Gasteiger partial charge in [0, 0.05) is 35.1 Å². The number of halogens is 3. The van der Waals surface area contributed by atoms with Crippen molar-refractivity contribution in [3.05, 3.63) is 105 Å². The molecule has 0 aliphatic rings. The minimum atomic E-state index is -0.812. The van der Waals surface area contributed by atoms with Crippen LogP contribution < -0.4 is 5.32 Å². The van der Waals surface area contributed by atoms with Crippen LogP contribution in [0, 0.1) is 11.7 Å². The fraction of sp³-hybridized carbons (Fsp3) is 0.286. The van der Waals surface area contributed by atoms with Gasteiger partial charge in [0.25, 0.3) is 0 Å². The highest BCUT2D eigenvalue weighted by molar-refractivity contribution is 6.31. The number of hydrogen-bond acceptors (Lipinski definition) is 2. The summed E-state index contributed by atoms with van der Waals surface area (Å²) in [6.07, 6.45) is 0.0386. The summed E-state index contributed by atoms with van der Waals surface area (Å²) in [5, 5.41) is 3.66. The SMILES string of the molecule is CC(C)CNC(=O)C(Cc1ccccc1)N(Cc1cccc(Cl)c1)C(=O)Cc1c(F)cccc1Cl. The van der Waals surface area contributed by atoms with E-state index in [1.165, 1.54) is 17.0 Å². The second kappa shape index (κ2) is 12.7. The zero-order valence-electron chi connectivity index (χ0n) is 19.8. The van der Waals surface area contributed by atoms with E-state index in [-0.39, 0.29) is 35.4 Å².